The van der Waals surface area contributed by atoms with Crippen LogP contribution < -0.4 is 5.32 Å². The van der Waals surface area contributed by atoms with Crippen molar-refractivity contribution in [3.63, 3.8) is 0 Å². The first kappa shape index (κ1) is 14.1. The van der Waals surface area contributed by atoms with Crippen LogP contribution in [0.3, 0.4) is 0 Å². The van der Waals surface area contributed by atoms with E-state index in [1.54, 1.807) is 16.2 Å². The number of carbonyl (C=O) groups is 2. The molecule has 19 heavy (non-hydrogen) atoms. The van der Waals surface area contributed by atoms with Crippen LogP contribution in [0.5, 0.6) is 0 Å². The van der Waals surface area contributed by atoms with Crippen LogP contribution in [0.1, 0.15) is 31.4 Å². The summed E-state index contributed by atoms with van der Waals surface area (Å²) in [6.45, 7) is 6.85. The summed E-state index contributed by atoms with van der Waals surface area (Å²) in [5.41, 5.74) is 2.32. The van der Waals surface area contributed by atoms with Crippen molar-refractivity contribution in [2.45, 2.75) is 39.8 Å². The first-order valence-electron chi connectivity index (χ1n) is 6.57. The molecule has 2 heterocycles. The Morgan fingerprint density at radius 2 is 2.16 bits per heavy atom. The first-order valence-corrected chi connectivity index (χ1v) is 7.51. The predicted molar refractivity (Wildman–Crippen MR) is 75.9 cm³/mol. The number of nitrogens with one attached hydrogen (secondary N) is 1. The van der Waals surface area contributed by atoms with Crippen LogP contribution in [0, 0.1) is 12.8 Å². The van der Waals surface area contributed by atoms with Gasteiger partial charge in [0.05, 0.1) is 6.54 Å². The molecule has 0 aliphatic carbocycles. The molecule has 1 aliphatic heterocycles. The Labute approximate surface area is 117 Å². The summed E-state index contributed by atoms with van der Waals surface area (Å²) in [5, 5.41) is 6.91. The average molecular weight is 280 g/mol. The summed E-state index contributed by atoms with van der Waals surface area (Å²) < 4.78 is 0. The zero-order chi connectivity index (χ0) is 14.0. The summed E-state index contributed by atoms with van der Waals surface area (Å²) in [6, 6.07) is -0.361. The maximum absolute atomic E-state index is 12.4. The third-order valence-electron chi connectivity index (χ3n) is 3.31. The van der Waals surface area contributed by atoms with Gasteiger partial charge in [-0.2, -0.15) is 11.3 Å². The van der Waals surface area contributed by atoms with E-state index in [-0.39, 0.29) is 24.4 Å². The van der Waals surface area contributed by atoms with Crippen molar-refractivity contribution in [2.24, 2.45) is 5.92 Å². The van der Waals surface area contributed by atoms with E-state index in [4.69, 9.17) is 0 Å². The molecule has 2 rings (SSSR count). The smallest absolute Gasteiger partial charge is 0.245 e. The van der Waals surface area contributed by atoms with Crippen molar-refractivity contribution >= 4 is 23.2 Å². The van der Waals surface area contributed by atoms with Crippen LogP contribution in [0.15, 0.2) is 10.8 Å². The molecular formula is C14H20N2O2S. The number of aryl methyl sites for hydroxylation is 1. The maximum Gasteiger partial charge on any atom is 0.245 e. The minimum Gasteiger partial charge on any atom is -0.343 e. The van der Waals surface area contributed by atoms with Crippen LogP contribution in [-0.4, -0.2) is 29.3 Å². The molecule has 1 aromatic heterocycles. The summed E-state index contributed by atoms with van der Waals surface area (Å²) in [6.07, 6.45) is 0.698. The van der Waals surface area contributed by atoms with E-state index in [1.165, 1.54) is 5.56 Å². The van der Waals surface area contributed by atoms with Gasteiger partial charge in [-0.1, -0.05) is 13.8 Å². The van der Waals surface area contributed by atoms with Gasteiger partial charge in [0, 0.05) is 6.54 Å². The van der Waals surface area contributed by atoms with Gasteiger partial charge in [-0.15, -0.1) is 0 Å². The van der Waals surface area contributed by atoms with Crippen molar-refractivity contribution in [3.05, 3.63) is 21.9 Å². The molecule has 104 valence electrons. The molecule has 4 nitrogen and oxygen atoms in total. The van der Waals surface area contributed by atoms with E-state index >= 15 is 0 Å². The molecule has 1 N–H and O–H groups in total. The Kier molecular flexibility index (Phi) is 4.24. The van der Waals surface area contributed by atoms with E-state index in [1.807, 2.05) is 12.3 Å². The number of nitrogens with zero attached hydrogens (tertiary/aromatic N) is 1. The molecule has 1 saturated heterocycles. The molecule has 1 aromatic rings. The Bertz CT molecular complexity index is 482. The Morgan fingerprint density at radius 1 is 1.42 bits per heavy atom. The average Bonchev–Trinajstić information content (AvgIpc) is 2.70. The molecular weight excluding hydrogens is 260 g/mol. The van der Waals surface area contributed by atoms with E-state index in [0.29, 0.717) is 18.9 Å². The third kappa shape index (κ3) is 3.35. The van der Waals surface area contributed by atoms with Gasteiger partial charge in [0.2, 0.25) is 11.8 Å². The standard InChI is InChI=1S/C14H20N2O2S/c1-9(2)4-12-14(18)16(6-13(17)15-12)5-11-8-19-7-10(11)3/h7-9,12H,4-6H2,1-3H3,(H,15,17). The van der Waals surface area contributed by atoms with Crippen molar-refractivity contribution in [1.29, 1.82) is 0 Å². The molecule has 5 heteroatoms. The minimum absolute atomic E-state index is 0.0406. The fourth-order valence-corrected chi connectivity index (χ4v) is 3.14. The highest BCUT2D eigenvalue weighted by Gasteiger charge is 2.32. The highest BCUT2D eigenvalue weighted by molar-refractivity contribution is 7.08. The molecule has 1 aliphatic rings. The molecule has 0 spiro atoms. The molecule has 1 atom stereocenters. The van der Waals surface area contributed by atoms with Crippen molar-refractivity contribution in [2.75, 3.05) is 6.54 Å². The number of rotatable bonds is 4. The number of piperazine rings is 1. The predicted octanol–water partition coefficient (Wildman–Crippen LogP) is 1.93. The van der Waals surface area contributed by atoms with Crippen LogP contribution in [0.4, 0.5) is 0 Å². The van der Waals surface area contributed by atoms with Gasteiger partial charge >= 0.3 is 0 Å². The quantitative estimate of drug-likeness (QED) is 0.916. The topological polar surface area (TPSA) is 49.4 Å². The van der Waals surface area contributed by atoms with E-state index in [2.05, 4.69) is 24.5 Å². The lowest BCUT2D eigenvalue weighted by Gasteiger charge is -2.33. The van der Waals surface area contributed by atoms with Crippen LogP contribution in [0.2, 0.25) is 0 Å². The van der Waals surface area contributed by atoms with Crippen molar-refractivity contribution in [1.82, 2.24) is 10.2 Å². The lowest BCUT2D eigenvalue weighted by molar-refractivity contribution is -0.145. The second-order valence-corrected chi connectivity index (χ2v) is 6.27. The first-order chi connectivity index (χ1) is 8.97. The number of thiophene rings is 1. The van der Waals surface area contributed by atoms with E-state index in [0.717, 1.165) is 5.56 Å². The van der Waals surface area contributed by atoms with E-state index in [9.17, 15) is 9.59 Å². The third-order valence-corrected chi connectivity index (χ3v) is 4.22. The van der Waals surface area contributed by atoms with Crippen molar-refractivity contribution < 1.29 is 9.59 Å². The summed E-state index contributed by atoms with van der Waals surface area (Å²) in [7, 11) is 0. The summed E-state index contributed by atoms with van der Waals surface area (Å²) in [4.78, 5) is 25.7. The Morgan fingerprint density at radius 3 is 2.74 bits per heavy atom. The van der Waals surface area contributed by atoms with Crippen molar-refractivity contribution in [3.8, 4) is 0 Å². The zero-order valence-corrected chi connectivity index (χ0v) is 12.4. The molecule has 0 radical (unpaired) electrons. The second-order valence-electron chi connectivity index (χ2n) is 5.52. The molecule has 0 saturated carbocycles. The van der Waals surface area contributed by atoms with Crippen LogP contribution in [0.25, 0.3) is 0 Å². The van der Waals surface area contributed by atoms with Crippen LogP contribution in [-0.2, 0) is 16.1 Å². The van der Waals surface area contributed by atoms with Crippen LogP contribution >= 0.6 is 11.3 Å². The second kappa shape index (κ2) is 5.74. The van der Waals surface area contributed by atoms with Gasteiger partial charge in [0.15, 0.2) is 0 Å². The van der Waals surface area contributed by atoms with E-state index < -0.39 is 0 Å². The maximum atomic E-state index is 12.4. The number of carbonyl (C=O) groups excluding carboxylic acids is 2. The monoisotopic (exact) mass is 280 g/mol. The fraction of sp³-hybridized carbons (Fsp3) is 0.571. The van der Waals surface area contributed by atoms with Gasteiger partial charge < -0.3 is 10.2 Å². The summed E-state index contributed by atoms with van der Waals surface area (Å²) in [5.74, 6) is 0.370. The highest BCUT2D eigenvalue weighted by Crippen LogP contribution is 2.19. The molecule has 0 bridgehead atoms. The van der Waals surface area contributed by atoms with Gasteiger partial charge in [0.25, 0.3) is 0 Å². The SMILES string of the molecule is Cc1cscc1CN1CC(=O)NC(CC(C)C)C1=O. The lowest BCUT2D eigenvalue weighted by atomic mass is 10.0. The number of hydrogen-bond donors (Lipinski definition) is 1. The fourth-order valence-electron chi connectivity index (χ4n) is 2.29. The largest absolute Gasteiger partial charge is 0.343 e. The molecule has 1 fully saturated rings. The Hall–Kier alpha value is -1.36. The van der Waals surface area contributed by atoms with Gasteiger partial charge in [-0.25, -0.2) is 0 Å². The number of amides is 2. The molecule has 2 amide bonds. The normalized spacial score (nSPS) is 20.0. The molecule has 0 aromatic carbocycles. The lowest BCUT2D eigenvalue weighted by Crippen LogP contribution is -2.57. The van der Waals surface area contributed by atoms with Gasteiger partial charge in [-0.3, -0.25) is 9.59 Å². The number of hydrogen-bond acceptors (Lipinski definition) is 3. The summed E-state index contributed by atoms with van der Waals surface area (Å²) >= 11 is 1.63. The molecule has 1 unspecified atom stereocenters. The zero-order valence-electron chi connectivity index (χ0n) is 11.6. The highest BCUT2D eigenvalue weighted by atomic mass is 32.1. The van der Waals surface area contributed by atoms with Gasteiger partial charge in [0.1, 0.15) is 6.04 Å². The Balaban J connectivity index is 2.09. The minimum atomic E-state index is -0.361. The van der Waals surface area contributed by atoms with Gasteiger partial charge in [-0.05, 0) is 41.1 Å².